The molecule has 42 heavy (non-hydrogen) atoms. The number of aliphatic hydroxyl groups excluding tert-OH is 1. The molecule has 3 heterocycles. The van der Waals surface area contributed by atoms with Gasteiger partial charge < -0.3 is 24.1 Å². The average Bonchev–Trinajstić information content (AvgIpc) is 2.99. The molecular formula is C34H50N2O5S. The topological polar surface area (TPSA) is 63.6 Å². The first-order valence-corrected chi connectivity index (χ1v) is 16.4. The van der Waals surface area contributed by atoms with Gasteiger partial charge in [0.15, 0.2) is 23.0 Å². The van der Waals surface area contributed by atoms with Crippen LogP contribution in [0.3, 0.4) is 0 Å². The number of methoxy groups -OCH3 is 4. The molecule has 0 spiro atoms. The Bertz CT molecular complexity index is 1230. The van der Waals surface area contributed by atoms with Crippen LogP contribution in [0.2, 0.25) is 0 Å². The summed E-state index contributed by atoms with van der Waals surface area (Å²) in [6, 6.07) is 9.39. The second kappa shape index (κ2) is 13.2. The molecule has 1 N–H and O–H groups in total. The lowest BCUT2D eigenvalue weighted by atomic mass is 9.77. The smallest absolute Gasteiger partial charge is 0.161 e. The fourth-order valence-electron chi connectivity index (χ4n) is 7.18. The Morgan fingerprint density at radius 2 is 1.40 bits per heavy atom. The highest BCUT2D eigenvalue weighted by Crippen LogP contribution is 2.47. The van der Waals surface area contributed by atoms with Crippen molar-refractivity contribution in [3.8, 4) is 23.0 Å². The number of ether oxygens (including phenoxy) is 4. The van der Waals surface area contributed by atoms with E-state index in [0.717, 1.165) is 74.1 Å². The van der Waals surface area contributed by atoms with Gasteiger partial charge in [0.1, 0.15) is 0 Å². The van der Waals surface area contributed by atoms with Gasteiger partial charge in [-0.25, -0.2) is 0 Å². The van der Waals surface area contributed by atoms with E-state index in [2.05, 4.69) is 54.8 Å². The first kappa shape index (κ1) is 31.3. The maximum Gasteiger partial charge on any atom is 0.161 e. The van der Waals surface area contributed by atoms with Crippen LogP contribution in [0.5, 0.6) is 23.0 Å². The first-order valence-electron chi connectivity index (χ1n) is 15.4. The molecule has 0 aromatic heterocycles. The molecule has 232 valence electrons. The summed E-state index contributed by atoms with van der Waals surface area (Å²) in [7, 11) is 6.86. The van der Waals surface area contributed by atoms with Crippen LogP contribution in [0, 0.1) is 5.92 Å². The van der Waals surface area contributed by atoms with Crippen molar-refractivity contribution in [2.24, 2.45) is 5.92 Å². The van der Waals surface area contributed by atoms with E-state index in [9.17, 15) is 5.11 Å². The number of hydrogen-bond acceptors (Lipinski definition) is 8. The van der Waals surface area contributed by atoms with Gasteiger partial charge in [0, 0.05) is 42.2 Å². The monoisotopic (exact) mass is 598 g/mol. The van der Waals surface area contributed by atoms with Gasteiger partial charge in [-0.05, 0) is 91.1 Å². The molecular weight excluding hydrogens is 548 g/mol. The van der Waals surface area contributed by atoms with E-state index in [1.165, 1.54) is 28.7 Å². The molecule has 7 nitrogen and oxygen atoms in total. The Hall–Kier alpha value is -2.13. The third kappa shape index (κ3) is 6.82. The Morgan fingerprint density at radius 1 is 0.833 bits per heavy atom. The molecule has 1 fully saturated rings. The third-order valence-electron chi connectivity index (χ3n) is 9.32. The van der Waals surface area contributed by atoms with Gasteiger partial charge in [0.2, 0.25) is 0 Å². The number of piperidine rings is 1. The molecule has 2 aromatic rings. The zero-order chi connectivity index (χ0) is 30.0. The molecule has 0 amide bonds. The highest BCUT2D eigenvalue weighted by atomic mass is 32.2. The summed E-state index contributed by atoms with van der Waals surface area (Å²) < 4.78 is 22.9. The van der Waals surface area contributed by atoms with Gasteiger partial charge in [0.25, 0.3) is 0 Å². The lowest BCUT2D eigenvalue weighted by Crippen LogP contribution is -2.44. The number of hydrogen-bond donors (Lipinski definition) is 1. The molecule has 4 atom stereocenters. The number of nitrogens with zero attached hydrogens (tertiary/aromatic N) is 2. The van der Waals surface area contributed by atoms with Crippen LogP contribution in [0.1, 0.15) is 74.4 Å². The number of fused-ring (bicyclic) bond motifs is 4. The van der Waals surface area contributed by atoms with Crippen LogP contribution in [-0.2, 0) is 12.8 Å². The van der Waals surface area contributed by atoms with Crippen molar-refractivity contribution < 1.29 is 24.1 Å². The molecule has 3 aliphatic rings. The first-order chi connectivity index (χ1) is 20.1. The van der Waals surface area contributed by atoms with Crippen LogP contribution < -0.4 is 18.9 Å². The van der Waals surface area contributed by atoms with Crippen LogP contribution in [0.15, 0.2) is 24.3 Å². The van der Waals surface area contributed by atoms with Gasteiger partial charge in [-0.3, -0.25) is 9.80 Å². The van der Waals surface area contributed by atoms with E-state index in [0.29, 0.717) is 18.5 Å². The van der Waals surface area contributed by atoms with Crippen molar-refractivity contribution in [3.05, 3.63) is 46.5 Å². The van der Waals surface area contributed by atoms with Crippen molar-refractivity contribution in [3.63, 3.8) is 0 Å². The van der Waals surface area contributed by atoms with E-state index < -0.39 is 0 Å². The molecule has 0 radical (unpaired) electrons. The standard InChI is InChI=1S/C34H50N2O5S/c1-34(2,3)42-21-25(37)20-36-13-10-24-17-31(39-5)33(41-7)19-27(24)29(36)15-22-8-11-35-12-9-23-16-30(38-4)32(40-6)18-26(23)28(35)14-22/h16-19,22,25,28-29,37H,8-15,20-21H2,1-7H3. The van der Waals surface area contributed by atoms with E-state index in [1.54, 1.807) is 28.4 Å². The van der Waals surface area contributed by atoms with Crippen LogP contribution in [0.25, 0.3) is 0 Å². The minimum absolute atomic E-state index is 0.135. The molecule has 2 aromatic carbocycles. The summed E-state index contributed by atoms with van der Waals surface area (Å²) in [6.45, 7) is 10.5. The van der Waals surface area contributed by atoms with Crippen molar-refractivity contribution in [1.29, 1.82) is 0 Å². The summed E-state index contributed by atoms with van der Waals surface area (Å²) >= 11 is 1.84. The van der Waals surface area contributed by atoms with E-state index in [1.807, 2.05) is 11.8 Å². The largest absolute Gasteiger partial charge is 0.493 e. The Balaban J connectivity index is 1.41. The summed E-state index contributed by atoms with van der Waals surface area (Å²) in [4.78, 5) is 5.20. The van der Waals surface area contributed by atoms with Crippen molar-refractivity contribution in [1.82, 2.24) is 9.80 Å². The van der Waals surface area contributed by atoms with Crippen LogP contribution in [-0.4, -0.2) is 86.1 Å². The minimum Gasteiger partial charge on any atom is -0.493 e. The second-order valence-corrected chi connectivity index (χ2v) is 14.9. The van der Waals surface area contributed by atoms with Crippen molar-refractivity contribution in [2.45, 2.75) is 75.8 Å². The van der Waals surface area contributed by atoms with Gasteiger partial charge in [-0.15, -0.1) is 0 Å². The third-order valence-corrected chi connectivity index (χ3v) is 10.7. The molecule has 3 aliphatic heterocycles. The van der Waals surface area contributed by atoms with Gasteiger partial charge in [-0.2, -0.15) is 11.8 Å². The molecule has 0 saturated carbocycles. The molecule has 5 rings (SSSR count). The Morgan fingerprint density at radius 3 is 2.02 bits per heavy atom. The van der Waals surface area contributed by atoms with Gasteiger partial charge in [0.05, 0.1) is 34.5 Å². The molecule has 0 bridgehead atoms. The van der Waals surface area contributed by atoms with Crippen molar-refractivity contribution >= 4 is 11.8 Å². The maximum atomic E-state index is 11.1. The highest BCUT2D eigenvalue weighted by molar-refractivity contribution is 8.00. The predicted molar refractivity (Wildman–Crippen MR) is 171 cm³/mol. The number of aliphatic hydroxyl groups is 1. The minimum atomic E-state index is -0.368. The zero-order valence-corrected chi connectivity index (χ0v) is 27.4. The van der Waals surface area contributed by atoms with Gasteiger partial charge in [-0.1, -0.05) is 20.8 Å². The molecule has 4 unspecified atom stereocenters. The fourth-order valence-corrected chi connectivity index (χ4v) is 7.98. The highest BCUT2D eigenvalue weighted by Gasteiger charge is 2.38. The molecule has 8 heteroatoms. The maximum absolute atomic E-state index is 11.1. The average molecular weight is 599 g/mol. The number of benzene rings is 2. The summed E-state index contributed by atoms with van der Waals surface area (Å²) in [6.07, 6.45) is 5.00. The summed E-state index contributed by atoms with van der Waals surface area (Å²) in [5.74, 6) is 4.52. The SMILES string of the molecule is COc1cc2c(cc1OC)C1CC(CC3c4cc(OC)c(OC)cc4CCN3CC(O)CSC(C)(C)C)CCN1CC2. The van der Waals surface area contributed by atoms with Crippen LogP contribution in [0.4, 0.5) is 0 Å². The fraction of sp³-hybridized carbons (Fsp3) is 0.647. The molecule has 1 saturated heterocycles. The van der Waals surface area contributed by atoms with E-state index in [-0.39, 0.29) is 16.9 Å². The lowest BCUT2D eigenvalue weighted by molar-refractivity contribution is 0.0571. The quantitative estimate of drug-likeness (QED) is 0.362. The number of β-amino-alcohol motifs (C(OH)–C–C–N with tert-alkyl or cyclic N) is 1. The Kier molecular flexibility index (Phi) is 9.87. The van der Waals surface area contributed by atoms with Crippen LogP contribution >= 0.6 is 11.8 Å². The van der Waals surface area contributed by atoms with Gasteiger partial charge >= 0.3 is 0 Å². The zero-order valence-electron chi connectivity index (χ0n) is 26.6. The lowest BCUT2D eigenvalue weighted by Gasteiger charge is -2.46. The predicted octanol–water partition coefficient (Wildman–Crippen LogP) is 5.91. The normalized spacial score (nSPS) is 23.4. The Labute approximate surface area is 256 Å². The second-order valence-electron chi connectivity index (χ2n) is 13.1. The van der Waals surface area contributed by atoms with E-state index >= 15 is 0 Å². The summed E-state index contributed by atoms with van der Waals surface area (Å²) in [5.41, 5.74) is 5.44. The number of rotatable bonds is 10. The summed E-state index contributed by atoms with van der Waals surface area (Å²) in [5, 5.41) is 11.1. The number of thioether (sulfide) groups is 1. The van der Waals surface area contributed by atoms with E-state index in [4.69, 9.17) is 18.9 Å². The molecule has 0 aliphatic carbocycles. The van der Waals surface area contributed by atoms with Crippen molar-refractivity contribution in [2.75, 3.05) is 60.4 Å².